The van der Waals surface area contributed by atoms with E-state index in [0.717, 1.165) is 24.2 Å². The van der Waals surface area contributed by atoms with E-state index in [2.05, 4.69) is 46.0 Å². The maximum atomic E-state index is 5.67. The minimum atomic E-state index is -0.00116. The van der Waals surface area contributed by atoms with Crippen LogP contribution in [0.2, 0.25) is 0 Å². The zero-order valence-electron chi connectivity index (χ0n) is 10.4. The lowest BCUT2D eigenvalue weighted by molar-refractivity contribution is 0.477. The zero-order chi connectivity index (χ0) is 12.5. The summed E-state index contributed by atoms with van der Waals surface area (Å²) in [7, 11) is 0. The Balaban J connectivity index is 2.44. The minimum Gasteiger partial charge on any atom is -0.368 e. The molecule has 92 valence electrons. The molecule has 2 heterocycles. The van der Waals surface area contributed by atoms with Crippen molar-refractivity contribution in [2.45, 2.75) is 39.2 Å². The molecule has 0 saturated heterocycles. The number of aromatic amines is 1. The number of nitrogens with one attached hydrogen (secondary N) is 2. The van der Waals surface area contributed by atoms with E-state index >= 15 is 0 Å². The van der Waals surface area contributed by atoms with Crippen molar-refractivity contribution in [1.82, 2.24) is 19.9 Å². The summed E-state index contributed by atoms with van der Waals surface area (Å²) in [5.41, 5.74) is 7.06. The molecule has 0 amide bonds. The van der Waals surface area contributed by atoms with Crippen LogP contribution in [0, 0.1) is 0 Å². The molecule has 0 saturated carbocycles. The number of aromatic nitrogens is 4. The second-order valence-corrected chi connectivity index (χ2v) is 4.42. The van der Waals surface area contributed by atoms with Gasteiger partial charge in [-0.3, -0.25) is 0 Å². The van der Waals surface area contributed by atoms with Gasteiger partial charge in [-0.1, -0.05) is 13.8 Å². The molecule has 17 heavy (non-hydrogen) atoms. The van der Waals surface area contributed by atoms with E-state index in [4.69, 9.17) is 5.73 Å². The third kappa shape index (κ3) is 2.15. The van der Waals surface area contributed by atoms with Gasteiger partial charge in [-0.25, -0.2) is 4.98 Å². The van der Waals surface area contributed by atoms with Crippen LogP contribution in [0.4, 0.5) is 11.8 Å². The van der Waals surface area contributed by atoms with Crippen molar-refractivity contribution in [1.29, 1.82) is 0 Å². The Morgan fingerprint density at radius 2 is 2.06 bits per heavy atom. The van der Waals surface area contributed by atoms with Gasteiger partial charge in [-0.05, 0) is 19.8 Å². The Labute approximate surface area is 100 Å². The number of fused-ring (bicyclic) bond motifs is 1. The maximum Gasteiger partial charge on any atom is 0.224 e. The third-order valence-electron chi connectivity index (χ3n) is 3.28. The van der Waals surface area contributed by atoms with Gasteiger partial charge in [0.1, 0.15) is 5.52 Å². The van der Waals surface area contributed by atoms with Crippen molar-refractivity contribution >= 4 is 22.9 Å². The van der Waals surface area contributed by atoms with Gasteiger partial charge < -0.3 is 16.0 Å². The summed E-state index contributed by atoms with van der Waals surface area (Å²) < 4.78 is 0. The fourth-order valence-corrected chi connectivity index (χ4v) is 1.65. The number of hydrogen-bond donors (Lipinski definition) is 3. The molecule has 0 aliphatic rings. The van der Waals surface area contributed by atoms with E-state index in [1.54, 1.807) is 6.33 Å². The van der Waals surface area contributed by atoms with Crippen molar-refractivity contribution in [2.75, 3.05) is 11.1 Å². The molecule has 0 aromatic carbocycles. The molecule has 2 aromatic rings. The predicted octanol–water partition coefficient (Wildman–Crippen LogP) is 1.93. The maximum absolute atomic E-state index is 5.67. The van der Waals surface area contributed by atoms with Gasteiger partial charge in [0.05, 0.1) is 6.33 Å². The van der Waals surface area contributed by atoms with Gasteiger partial charge in [0.15, 0.2) is 11.5 Å². The van der Waals surface area contributed by atoms with Crippen LogP contribution in [-0.4, -0.2) is 25.5 Å². The van der Waals surface area contributed by atoms with Gasteiger partial charge in [0, 0.05) is 5.54 Å². The molecule has 0 unspecified atom stereocenters. The molecule has 6 heteroatoms. The lowest BCUT2D eigenvalue weighted by Crippen LogP contribution is -2.33. The number of nitrogens with zero attached hydrogens (tertiary/aromatic N) is 3. The Morgan fingerprint density at radius 1 is 1.35 bits per heavy atom. The molecule has 0 spiro atoms. The molecular weight excluding hydrogens is 216 g/mol. The lowest BCUT2D eigenvalue weighted by atomic mass is 9.95. The summed E-state index contributed by atoms with van der Waals surface area (Å²) in [5.74, 6) is 0.956. The number of rotatable bonds is 4. The Morgan fingerprint density at radius 3 is 2.71 bits per heavy atom. The quantitative estimate of drug-likeness (QED) is 0.751. The molecule has 2 rings (SSSR count). The number of nitrogens with two attached hydrogens (primary N) is 1. The number of anilines is 2. The van der Waals surface area contributed by atoms with Gasteiger partial charge in [0.2, 0.25) is 5.95 Å². The van der Waals surface area contributed by atoms with Crippen molar-refractivity contribution < 1.29 is 0 Å². The van der Waals surface area contributed by atoms with Crippen molar-refractivity contribution in [3.63, 3.8) is 0 Å². The fraction of sp³-hybridized carbons (Fsp3) is 0.545. The molecule has 2 aromatic heterocycles. The molecular formula is C11H18N6. The molecule has 0 bridgehead atoms. The molecule has 4 N–H and O–H groups in total. The van der Waals surface area contributed by atoms with Gasteiger partial charge >= 0.3 is 0 Å². The van der Waals surface area contributed by atoms with Crippen LogP contribution in [0.5, 0.6) is 0 Å². The largest absolute Gasteiger partial charge is 0.368 e. The summed E-state index contributed by atoms with van der Waals surface area (Å²) in [6.07, 6.45) is 3.60. The average molecular weight is 234 g/mol. The first kappa shape index (κ1) is 11.6. The molecule has 6 nitrogen and oxygen atoms in total. The van der Waals surface area contributed by atoms with Gasteiger partial charge in [0.25, 0.3) is 0 Å². The predicted molar refractivity (Wildman–Crippen MR) is 68.7 cm³/mol. The molecule has 0 atom stereocenters. The summed E-state index contributed by atoms with van der Waals surface area (Å²) in [5, 5.41) is 3.42. The fourth-order valence-electron chi connectivity index (χ4n) is 1.65. The summed E-state index contributed by atoms with van der Waals surface area (Å²) in [6, 6.07) is 0. The van der Waals surface area contributed by atoms with Crippen LogP contribution < -0.4 is 11.1 Å². The number of nitrogen functional groups attached to an aromatic ring is 1. The summed E-state index contributed by atoms with van der Waals surface area (Å²) in [4.78, 5) is 15.4. The lowest BCUT2D eigenvalue weighted by Gasteiger charge is -2.28. The van der Waals surface area contributed by atoms with Gasteiger partial charge in [-0.15, -0.1) is 0 Å². The summed E-state index contributed by atoms with van der Waals surface area (Å²) in [6.45, 7) is 6.45. The van der Waals surface area contributed by atoms with Crippen LogP contribution >= 0.6 is 0 Å². The molecule has 0 fully saturated rings. The van der Waals surface area contributed by atoms with E-state index in [9.17, 15) is 0 Å². The van der Waals surface area contributed by atoms with Gasteiger partial charge in [-0.2, -0.15) is 9.97 Å². The second-order valence-electron chi connectivity index (χ2n) is 4.42. The Bertz CT molecular complexity index is 514. The number of hydrogen-bond acceptors (Lipinski definition) is 5. The van der Waals surface area contributed by atoms with Crippen LogP contribution in [0.25, 0.3) is 11.2 Å². The van der Waals surface area contributed by atoms with E-state index < -0.39 is 0 Å². The van der Waals surface area contributed by atoms with Crippen molar-refractivity contribution in [3.05, 3.63) is 6.33 Å². The Kier molecular flexibility index (Phi) is 2.87. The highest BCUT2D eigenvalue weighted by atomic mass is 15.2. The van der Waals surface area contributed by atoms with E-state index in [0.29, 0.717) is 5.65 Å². The highest BCUT2D eigenvalue weighted by Crippen LogP contribution is 2.24. The zero-order valence-corrected chi connectivity index (χ0v) is 10.4. The topological polar surface area (TPSA) is 92.5 Å². The van der Waals surface area contributed by atoms with Crippen LogP contribution in [0.15, 0.2) is 6.33 Å². The number of imidazole rings is 1. The molecule has 0 aliphatic carbocycles. The smallest absolute Gasteiger partial charge is 0.224 e. The normalized spacial score (nSPS) is 11.9. The highest BCUT2D eigenvalue weighted by Gasteiger charge is 2.21. The highest BCUT2D eigenvalue weighted by molar-refractivity contribution is 5.83. The SMILES string of the molecule is CCC(C)(CC)Nc1nc(N)nc2nc[nH]c12. The van der Waals surface area contributed by atoms with E-state index in [1.165, 1.54) is 0 Å². The first-order valence-electron chi connectivity index (χ1n) is 5.82. The van der Waals surface area contributed by atoms with Crippen LogP contribution in [0.1, 0.15) is 33.6 Å². The second kappa shape index (κ2) is 4.20. The van der Waals surface area contributed by atoms with Crippen LogP contribution in [0.3, 0.4) is 0 Å². The average Bonchev–Trinajstić information content (AvgIpc) is 2.77. The standard InChI is InChI=1S/C11H18N6/c1-4-11(3,5-2)17-9-7-8(14-6-13-7)15-10(12)16-9/h6H,4-5H2,1-3H3,(H4,12,13,14,15,16,17). The monoisotopic (exact) mass is 234 g/mol. The van der Waals surface area contributed by atoms with Crippen molar-refractivity contribution in [3.8, 4) is 0 Å². The third-order valence-corrected chi connectivity index (χ3v) is 3.28. The Hall–Kier alpha value is -1.85. The minimum absolute atomic E-state index is 0.00116. The molecule has 0 radical (unpaired) electrons. The van der Waals surface area contributed by atoms with Crippen LogP contribution in [-0.2, 0) is 0 Å². The number of H-pyrrole nitrogens is 1. The van der Waals surface area contributed by atoms with Crippen molar-refractivity contribution in [2.24, 2.45) is 0 Å². The van der Waals surface area contributed by atoms with E-state index in [-0.39, 0.29) is 11.5 Å². The first-order chi connectivity index (χ1) is 8.08. The first-order valence-corrected chi connectivity index (χ1v) is 5.82. The molecule has 0 aliphatic heterocycles. The summed E-state index contributed by atoms with van der Waals surface area (Å²) >= 11 is 0. The van der Waals surface area contributed by atoms with E-state index in [1.807, 2.05) is 0 Å².